The maximum Gasteiger partial charge on any atom is 0.234 e. The first kappa shape index (κ1) is 21.4. The predicted octanol–water partition coefficient (Wildman–Crippen LogP) is 5.29. The van der Waals surface area contributed by atoms with E-state index in [-0.39, 0.29) is 16.8 Å². The molecular weight excluding hydrogens is 453 g/mol. The first-order valence-corrected chi connectivity index (χ1v) is 11.1. The van der Waals surface area contributed by atoms with Crippen molar-refractivity contribution >= 4 is 46.6 Å². The van der Waals surface area contributed by atoms with E-state index in [9.17, 15) is 4.79 Å². The van der Waals surface area contributed by atoms with Gasteiger partial charge in [0.1, 0.15) is 5.82 Å². The Bertz CT molecular complexity index is 1180. The number of nitrogens with one attached hydrogen (secondary N) is 1. The number of halogens is 2. The van der Waals surface area contributed by atoms with Gasteiger partial charge in [-0.05, 0) is 42.0 Å². The fourth-order valence-corrected chi connectivity index (χ4v) is 4.00. The van der Waals surface area contributed by atoms with E-state index < -0.39 is 0 Å². The highest BCUT2D eigenvalue weighted by Crippen LogP contribution is 2.25. The van der Waals surface area contributed by atoms with Crippen molar-refractivity contribution in [3.63, 3.8) is 0 Å². The van der Waals surface area contributed by atoms with Crippen molar-refractivity contribution in [3.8, 4) is 5.69 Å². The number of benzene rings is 2. The number of pyridine rings is 1. The average molecular weight is 470 g/mol. The predicted molar refractivity (Wildman–Crippen MR) is 124 cm³/mol. The van der Waals surface area contributed by atoms with Crippen LogP contribution in [0.1, 0.15) is 11.4 Å². The molecule has 4 rings (SSSR count). The third-order valence-corrected chi connectivity index (χ3v) is 5.84. The van der Waals surface area contributed by atoms with Crippen molar-refractivity contribution in [2.45, 2.75) is 11.6 Å². The summed E-state index contributed by atoms with van der Waals surface area (Å²) in [5.74, 6) is 0.698. The number of rotatable bonds is 7. The molecule has 0 fully saturated rings. The average Bonchev–Trinajstić information content (AvgIpc) is 3.17. The van der Waals surface area contributed by atoms with Crippen LogP contribution in [-0.2, 0) is 11.2 Å². The van der Waals surface area contributed by atoms with Gasteiger partial charge in [-0.3, -0.25) is 9.36 Å². The van der Waals surface area contributed by atoms with Gasteiger partial charge in [0.2, 0.25) is 5.91 Å². The molecule has 2 aromatic carbocycles. The first-order chi connectivity index (χ1) is 15.1. The second-order valence-electron chi connectivity index (χ2n) is 6.55. The van der Waals surface area contributed by atoms with Gasteiger partial charge in [-0.2, -0.15) is 0 Å². The van der Waals surface area contributed by atoms with Crippen molar-refractivity contribution in [1.82, 2.24) is 19.7 Å². The molecule has 156 valence electrons. The molecule has 9 heteroatoms. The van der Waals surface area contributed by atoms with Gasteiger partial charge >= 0.3 is 0 Å². The van der Waals surface area contributed by atoms with Gasteiger partial charge in [-0.25, -0.2) is 4.98 Å². The zero-order valence-electron chi connectivity index (χ0n) is 16.2. The van der Waals surface area contributed by atoms with Crippen LogP contribution in [0, 0.1) is 0 Å². The van der Waals surface area contributed by atoms with Gasteiger partial charge in [-0.1, -0.05) is 65.3 Å². The maximum absolute atomic E-state index is 12.4. The van der Waals surface area contributed by atoms with Gasteiger partial charge in [0, 0.05) is 23.3 Å². The molecule has 1 amide bonds. The topological polar surface area (TPSA) is 72.7 Å². The number of carbonyl (C=O) groups is 1. The number of hydrogen-bond donors (Lipinski definition) is 1. The Hall–Kier alpha value is -2.87. The third kappa shape index (κ3) is 5.44. The summed E-state index contributed by atoms with van der Waals surface area (Å²) in [6.45, 7) is 0. The van der Waals surface area contributed by atoms with Gasteiger partial charge in [-0.15, -0.1) is 10.2 Å². The Morgan fingerprint density at radius 1 is 0.968 bits per heavy atom. The van der Waals surface area contributed by atoms with Crippen LogP contribution in [0.25, 0.3) is 5.69 Å². The summed E-state index contributed by atoms with van der Waals surface area (Å²) in [5.41, 5.74) is 2.46. The van der Waals surface area contributed by atoms with Crippen molar-refractivity contribution in [1.29, 1.82) is 0 Å². The van der Waals surface area contributed by atoms with Gasteiger partial charge < -0.3 is 5.32 Å². The number of amides is 1. The van der Waals surface area contributed by atoms with Crippen LogP contribution in [0.3, 0.4) is 0 Å². The van der Waals surface area contributed by atoms with Gasteiger partial charge in [0.25, 0.3) is 0 Å². The summed E-state index contributed by atoms with van der Waals surface area (Å²) in [6, 6.07) is 20.9. The quantitative estimate of drug-likeness (QED) is 0.294. The van der Waals surface area contributed by atoms with Gasteiger partial charge in [0.15, 0.2) is 10.3 Å². The molecule has 31 heavy (non-hydrogen) atoms. The molecule has 4 aromatic rings. The summed E-state index contributed by atoms with van der Waals surface area (Å²) in [5, 5.41) is 13.0. The van der Waals surface area contributed by atoms with E-state index in [2.05, 4.69) is 20.5 Å². The normalized spacial score (nSPS) is 10.8. The van der Waals surface area contributed by atoms with Crippen LogP contribution < -0.4 is 5.32 Å². The Kier molecular flexibility index (Phi) is 6.86. The summed E-state index contributed by atoms with van der Waals surface area (Å²) >= 11 is 13.4. The van der Waals surface area contributed by atoms with E-state index in [4.69, 9.17) is 23.2 Å². The molecule has 0 saturated carbocycles. The van der Waals surface area contributed by atoms with E-state index in [1.807, 2.05) is 59.2 Å². The SMILES string of the molecule is O=C(CSc1nnc(Cc2ccccc2)n1-c1ccc(Cl)cc1)Nc1cccnc1Cl. The Balaban J connectivity index is 1.56. The summed E-state index contributed by atoms with van der Waals surface area (Å²) in [6.07, 6.45) is 2.17. The zero-order chi connectivity index (χ0) is 21.6. The number of anilines is 1. The molecule has 0 aliphatic carbocycles. The van der Waals surface area contributed by atoms with Crippen LogP contribution >= 0.6 is 35.0 Å². The molecule has 0 aliphatic rings. The van der Waals surface area contributed by atoms with E-state index in [0.29, 0.717) is 22.3 Å². The molecule has 0 saturated heterocycles. The monoisotopic (exact) mass is 469 g/mol. The zero-order valence-corrected chi connectivity index (χ0v) is 18.5. The van der Waals surface area contributed by atoms with E-state index in [1.165, 1.54) is 11.8 Å². The highest BCUT2D eigenvalue weighted by atomic mass is 35.5. The minimum absolute atomic E-state index is 0.141. The number of carbonyl (C=O) groups excluding carboxylic acids is 1. The fourth-order valence-electron chi connectivity index (χ4n) is 2.93. The van der Waals surface area contributed by atoms with Crippen LogP contribution in [0.2, 0.25) is 10.2 Å². The highest BCUT2D eigenvalue weighted by Gasteiger charge is 2.17. The van der Waals surface area contributed by atoms with E-state index in [1.54, 1.807) is 18.3 Å². The molecule has 1 N–H and O–H groups in total. The molecule has 0 radical (unpaired) electrons. The van der Waals surface area contributed by atoms with Crippen LogP contribution in [-0.4, -0.2) is 31.4 Å². The molecule has 6 nitrogen and oxygen atoms in total. The van der Waals surface area contributed by atoms with Crippen molar-refractivity contribution in [3.05, 3.63) is 94.5 Å². The smallest absolute Gasteiger partial charge is 0.234 e. The van der Waals surface area contributed by atoms with Crippen LogP contribution in [0.15, 0.2) is 78.1 Å². The van der Waals surface area contributed by atoms with E-state index in [0.717, 1.165) is 17.1 Å². The van der Waals surface area contributed by atoms with Crippen molar-refractivity contribution < 1.29 is 4.79 Å². The lowest BCUT2D eigenvalue weighted by Crippen LogP contribution is -2.15. The van der Waals surface area contributed by atoms with E-state index >= 15 is 0 Å². The first-order valence-electron chi connectivity index (χ1n) is 9.37. The third-order valence-electron chi connectivity index (χ3n) is 4.36. The standard InChI is InChI=1S/C22H17Cl2N5OS/c23-16-8-10-17(11-9-16)29-19(13-15-5-2-1-3-6-15)27-28-22(29)31-14-20(30)26-18-7-4-12-25-21(18)24/h1-12H,13-14H2,(H,26,30). The second-order valence-corrected chi connectivity index (χ2v) is 8.29. The largest absolute Gasteiger partial charge is 0.323 e. The molecule has 0 aliphatic heterocycles. The minimum Gasteiger partial charge on any atom is -0.323 e. The molecule has 2 aromatic heterocycles. The lowest BCUT2D eigenvalue weighted by molar-refractivity contribution is -0.113. The number of hydrogen-bond acceptors (Lipinski definition) is 5. The molecule has 0 unspecified atom stereocenters. The second kappa shape index (κ2) is 9.96. The van der Waals surface area contributed by atoms with Crippen LogP contribution in [0.4, 0.5) is 5.69 Å². The maximum atomic E-state index is 12.4. The minimum atomic E-state index is -0.213. The molecular formula is C22H17Cl2N5OS. The molecule has 0 bridgehead atoms. The number of aromatic nitrogens is 4. The molecule has 0 atom stereocenters. The number of thioether (sulfide) groups is 1. The Morgan fingerprint density at radius 2 is 1.74 bits per heavy atom. The Labute approximate surface area is 193 Å². The highest BCUT2D eigenvalue weighted by molar-refractivity contribution is 7.99. The van der Waals surface area contributed by atoms with Crippen molar-refractivity contribution in [2.75, 3.05) is 11.1 Å². The molecule has 2 heterocycles. The summed E-state index contributed by atoms with van der Waals surface area (Å²) in [7, 11) is 0. The summed E-state index contributed by atoms with van der Waals surface area (Å²) in [4.78, 5) is 16.4. The molecule has 0 spiro atoms. The van der Waals surface area contributed by atoms with Crippen LogP contribution in [0.5, 0.6) is 0 Å². The fraction of sp³-hybridized carbons (Fsp3) is 0.0909. The number of nitrogens with zero attached hydrogens (tertiary/aromatic N) is 4. The van der Waals surface area contributed by atoms with Gasteiger partial charge in [0.05, 0.1) is 11.4 Å². The Morgan fingerprint density at radius 3 is 2.48 bits per heavy atom. The van der Waals surface area contributed by atoms with Crippen molar-refractivity contribution in [2.24, 2.45) is 0 Å². The summed E-state index contributed by atoms with van der Waals surface area (Å²) < 4.78 is 1.94. The lowest BCUT2D eigenvalue weighted by Gasteiger charge is -2.11. The lowest BCUT2D eigenvalue weighted by atomic mass is 10.1.